The van der Waals surface area contributed by atoms with Crippen molar-refractivity contribution in [1.82, 2.24) is 4.98 Å². The second-order valence-electron chi connectivity index (χ2n) is 2.46. The number of carbonyl (C=O) groups is 1. The number of pyridine rings is 1. The van der Waals surface area contributed by atoms with Crippen molar-refractivity contribution >= 4 is 40.5 Å². The van der Waals surface area contributed by atoms with E-state index in [4.69, 9.17) is 11.6 Å². The predicted octanol–water partition coefficient (Wildman–Crippen LogP) is 3.18. The Kier molecular flexibility index (Phi) is 4.18. The van der Waals surface area contributed by atoms with Crippen LogP contribution < -0.4 is 0 Å². The number of hydrogen-bond acceptors (Lipinski definition) is 2. The monoisotopic (exact) mass is 331 g/mol. The van der Waals surface area contributed by atoms with Crippen molar-refractivity contribution in [2.75, 3.05) is 0 Å². The van der Waals surface area contributed by atoms with Crippen molar-refractivity contribution < 1.29 is 13.6 Å². The maximum atomic E-state index is 12.3. The summed E-state index contributed by atoms with van der Waals surface area (Å²) in [6.07, 6.45) is -2.17. The molecule has 0 spiro atoms. The van der Waals surface area contributed by atoms with Crippen LogP contribution in [0, 0.1) is 3.70 Å². The Labute approximate surface area is 97.8 Å². The van der Waals surface area contributed by atoms with Gasteiger partial charge in [-0.2, -0.15) is 0 Å². The van der Waals surface area contributed by atoms with Gasteiger partial charge < -0.3 is 0 Å². The fourth-order valence-electron chi connectivity index (χ4n) is 0.928. The fraction of sp³-hybridized carbons (Fsp3) is 0.250. The van der Waals surface area contributed by atoms with E-state index in [1.165, 1.54) is 0 Å². The SMILES string of the molecule is O=Cc1cc(C(F)F)nc(I)c1CCl. The number of aromatic nitrogens is 1. The van der Waals surface area contributed by atoms with E-state index in [1.807, 2.05) is 0 Å². The van der Waals surface area contributed by atoms with Gasteiger partial charge in [-0.05, 0) is 28.7 Å². The van der Waals surface area contributed by atoms with Crippen molar-refractivity contribution in [1.29, 1.82) is 0 Å². The fourth-order valence-corrected chi connectivity index (χ4v) is 2.21. The molecule has 0 aliphatic rings. The van der Waals surface area contributed by atoms with Gasteiger partial charge in [-0.1, -0.05) is 0 Å². The Bertz CT molecular complexity index is 359. The number of hydrogen-bond donors (Lipinski definition) is 0. The van der Waals surface area contributed by atoms with E-state index in [-0.39, 0.29) is 11.4 Å². The van der Waals surface area contributed by atoms with E-state index in [9.17, 15) is 13.6 Å². The van der Waals surface area contributed by atoms with Crippen LogP contribution in [0.5, 0.6) is 0 Å². The minimum Gasteiger partial charge on any atom is -0.298 e. The maximum Gasteiger partial charge on any atom is 0.280 e. The molecule has 0 amide bonds. The molecule has 0 bridgehead atoms. The third-order valence-electron chi connectivity index (χ3n) is 1.61. The van der Waals surface area contributed by atoms with Crippen molar-refractivity contribution in [2.45, 2.75) is 12.3 Å². The highest BCUT2D eigenvalue weighted by molar-refractivity contribution is 14.1. The number of aldehydes is 1. The molecule has 14 heavy (non-hydrogen) atoms. The zero-order valence-corrected chi connectivity index (χ0v) is 9.72. The molecule has 0 aliphatic heterocycles. The van der Waals surface area contributed by atoms with Gasteiger partial charge in [0.1, 0.15) is 9.39 Å². The molecule has 0 saturated carbocycles. The zero-order valence-electron chi connectivity index (χ0n) is 6.81. The molecule has 0 unspecified atom stereocenters. The molecule has 1 aromatic rings. The summed E-state index contributed by atoms with van der Waals surface area (Å²) in [6.45, 7) is 0. The van der Waals surface area contributed by atoms with Gasteiger partial charge in [-0.25, -0.2) is 13.8 Å². The first-order chi connectivity index (χ1) is 6.60. The molecule has 0 fully saturated rings. The first-order valence-electron chi connectivity index (χ1n) is 3.58. The summed E-state index contributed by atoms with van der Waals surface area (Å²) in [7, 11) is 0. The minimum absolute atomic E-state index is 0.0862. The van der Waals surface area contributed by atoms with Crippen molar-refractivity contribution in [3.63, 3.8) is 0 Å². The van der Waals surface area contributed by atoms with Gasteiger partial charge in [0, 0.05) is 11.1 Å². The molecule has 0 atom stereocenters. The Morgan fingerprint density at radius 2 is 2.29 bits per heavy atom. The highest BCUT2D eigenvalue weighted by atomic mass is 127. The summed E-state index contributed by atoms with van der Waals surface area (Å²) in [6, 6.07) is 1.07. The minimum atomic E-state index is -2.67. The molecular formula is C8H5ClF2INO. The van der Waals surface area contributed by atoms with Gasteiger partial charge >= 0.3 is 0 Å². The summed E-state index contributed by atoms with van der Waals surface area (Å²) in [5.41, 5.74) is 0.270. The van der Waals surface area contributed by atoms with E-state index in [2.05, 4.69) is 4.98 Å². The standard InChI is InChI=1S/C8H5ClF2INO/c9-2-5-4(3-14)1-6(7(10)11)13-8(5)12/h1,3,7H,2H2. The first kappa shape index (κ1) is 11.8. The van der Waals surface area contributed by atoms with Gasteiger partial charge in [0.15, 0.2) is 6.29 Å². The predicted molar refractivity (Wildman–Crippen MR) is 56.9 cm³/mol. The lowest BCUT2D eigenvalue weighted by Crippen LogP contribution is -2.01. The van der Waals surface area contributed by atoms with E-state index in [1.54, 1.807) is 22.6 Å². The molecule has 0 saturated heterocycles. The highest BCUT2D eigenvalue weighted by Gasteiger charge is 2.15. The smallest absolute Gasteiger partial charge is 0.280 e. The van der Waals surface area contributed by atoms with E-state index < -0.39 is 12.1 Å². The summed E-state index contributed by atoms with van der Waals surface area (Å²) >= 11 is 7.34. The molecule has 2 nitrogen and oxygen atoms in total. The van der Waals surface area contributed by atoms with Crippen LogP contribution >= 0.6 is 34.2 Å². The quantitative estimate of drug-likeness (QED) is 0.368. The van der Waals surface area contributed by atoms with E-state index in [0.29, 0.717) is 15.6 Å². The molecule has 1 heterocycles. The molecule has 0 aromatic carbocycles. The molecule has 0 radical (unpaired) electrons. The van der Waals surface area contributed by atoms with Crippen molar-refractivity contribution in [3.05, 3.63) is 26.6 Å². The molecule has 1 aromatic heterocycles. The highest BCUT2D eigenvalue weighted by Crippen LogP contribution is 2.23. The van der Waals surface area contributed by atoms with Crippen LogP contribution in [-0.4, -0.2) is 11.3 Å². The van der Waals surface area contributed by atoms with E-state index >= 15 is 0 Å². The van der Waals surface area contributed by atoms with Gasteiger partial charge in [0.2, 0.25) is 0 Å². The van der Waals surface area contributed by atoms with Crippen LogP contribution in [0.25, 0.3) is 0 Å². The van der Waals surface area contributed by atoms with E-state index in [0.717, 1.165) is 6.07 Å². The summed E-state index contributed by atoms with van der Waals surface area (Å²) in [5.74, 6) is 0.0862. The van der Waals surface area contributed by atoms with Crippen LogP contribution in [-0.2, 0) is 5.88 Å². The lowest BCUT2D eigenvalue weighted by molar-refractivity contribution is 0.112. The molecular weight excluding hydrogens is 326 g/mol. The van der Waals surface area contributed by atoms with Crippen LogP contribution in [0.3, 0.4) is 0 Å². The van der Waals surface area contributed by atoms with Gasteiger partial charge in [-0.15, -0.1) is 11.6 Å². The Balaban J connectivity index is 3.31. The number of carbonyl (C=O) groups excluding carboxylic acids is 1. The lowest BCUT2D eigenvalue weighted by Gasteiger charge is -2.06. The second-order valence-corrected chi connectivity index (χ2v) is 3.75. The third-order valence-corrected chi connectivity index (χ3v) is 2.77. The van der Waals surface area contributed by atoms with Crippen molar-refractivity contribution in [3.8, 4) is 0 Å². The average molecular weight is 331 g/mol. The molecule has 0 aliphatic carbocycles. The van der Waals surface area contributed by atoms with Crippen LogP contribution in [0.1, 0.15) is 28.0 Å². The van der Waals surface area contributed by atoms with Crippen LogP contribution in [0.2, 0.25) is 0 Å². The molecule has 6 heteroatoms. The normalized spacial score (nSPS) is 10.6. The molecule has 1 rings (SSSR count). The summed E-state index contributed by atoms with van der Waals surface area (Å²) in [5, 5.41) is 0. The number of alkyl halides is 3. The largest absolute Gasteiger partial charge is 0.298 e. The Hall–Kier alpha value is -0.300. The summed E-state index contributed by atoms with van der Waals surface area (Å²) in [4.78, 5) is 14.2. The Morgan fingerprint density at radius 1 is 1.64 bits per heavy atom. The first-order valence-corrected chi connectivity index (χ1v) is 5.20. The number of rotatable bonds is 3. The molecule has 76 valence electrons. The van der Waals surface area contributed by atoms with Crippen LogP contribution in [0.15, 0.2) is 6.07 Å². The van der Waals surface area contributed by atoms with Gasteiger partial charge in [0.25, 0.3) is 6.43 Å². The third kappa shape index (κ3) is 2.38. The van der Waals surface area contributed by atoms with Crippen LogP contribution in [0.4, 0.5) is 8.78 Å². The van der Waals surface area contributed by atoms with Crippen molar-refractivity contribution in [2.24, 2.45) is 0 Å². The van der Waals surface area contributed by atoms with Gasteiger partial charge in [0.05, 0.1) is 5.88 Å². The lowest BCUT2D eigenvalue weighted by atomic mass is 10.1. The topological polar surface area (TPSA) is 30.0 Å². The Morgan fingerprint density at radius 3 is 2.71 bits per heavy atom. The van der Waals surface area contributed by atoms with Gasteiger partial charge in [-0.3, -0.25) is 4.79 Å². The zero-order chi connectivity index (χ0) is 10.7. The number of nitrogens with zero attached hydrogens (tertiary/aromatic N) is 1. The maximum absolute atomic E-state index is 12.3. The molecule has 0 N–H and O–H groups in total. The number of halogens is 4. The average Bonchev–Trinajstić information content (AvgIpc) is 2.16. The second kappa shape index (κ2) is 4.97. The summed E-state index contributed by atoms with van der Waals surface area (Å²) < 4.78 is 24.9.